The lowest BCUT2D eigenvalue weighted by Crippen LogP contribution is -2.30. The average Bonchev–Trinajstić information content (AvgIpc) is 0.903. The molecule has 0 saturated carbocycles. The van der Waals surface area contributed by atoms with Crippen LogP contribution in [-0.4, -0.2) is 96.7 Å². The average molecular weight is 1630 g/mol. The molecule has 3 N–H and O–H groups in total. The maximum absolute atomic E-state index is 13.2. The molecular formula is C93H182O17P2. The lowest BCUT2D eigenvalue weighted by Gasteiger charge is -2.21. The molecule has 2 unspecified atom stereocenters. The summed E-state index contributed by atoms with van der Waals surface area (Å²) in [6, 6.07) is 0. The predicted octanol–water partition coefficient (Wildman–Crippen LogP) is 29.1. The largest absolute Gasteiger partial charge is 0.472 e. The van der Waals surface area contributed by atoms with E-state index < -0.39 is 97.5 Å². The van der Waals surface area contributed by atoms with Gasteiger partial charge in [-0.15, -0.1) is 0 Å². The monoisotopic (exact) mass is 1630 g/mol. The summed E-state index contributed by atoms with van der Waals surface area (Å²) in [4.78, 5) is 73.4. The number of rotatable bonds is 93. The number of aliphatic hydroxyl groups excluding tert-OH is 1. The summed E-state index contributed by atoms with van der Waals surface area (Å²) >= 11 is 0. The highest BCUT2D eigenvalue weighted by Crippen LogP contribution is 2.45. The fourth-order valence-electron chi connectivity index (χ4n) is 14.7. The van der Waals surface area contributed by atoms with E-state index >= 15 is 0 Å². The normalized spacial score (nSPS) is 13.7. The van der Waals surface area contributed by atoms with E-state index in [0.29, 0.717) is 25.7 Å². The van der Waals surface area contributed by atoms with Crippen LogP contribution < -0.4 is 0 Å². The number of ether oxygens (including phenoxy) is 4. The van der Waals surface area contributed by atoms with E-state index in [0.717, 1.165) is 95.8 Å². The highest BCUT2D eigenvalue weighted by Gasteiger charge is 2.31. The van der Waals surface area contributed by atoms with Gasteiger partial charge in [-0.1, -0.05) is 458 Å². The van der Waals surface area contributed by atoms with Gasteiger partial charge in [0.25, 0.3) is 0 Å². The number of hydrogen-bond acceptors (Lipinski definition) is 15. The second kappa shape index (κ2) is 85.5. The van der Waals surface area contributed by atoms with Gasteiger partial charge in [0, 0.05) is 25.7 Å². The Morgan fingerprint density at radius 1 is 0.241 bits per heavy atom. The summed E-state index contributed by atoms with van der Waals surface area (Å²) in [7, 11) is -9.93. The highest BCUT2D eigenvalue weighted by molar-refractivity contribution is 7.47. The molecule has 0 bridgehead atoms. The smallest absolute Gasteiger partial charge is 0.462 e. The fourth-order valence-corrected chi connectivity index (χ4v) is 16.3. The van der Waals surface area contributed by atoms with Crippen LogP contribution >= 0.6 is 15.6 Å². The van der Waals surface area contributed by atoms with Crippen molar-refractivity contribution < 1.29 is 80.2 Å². The van der Waals surface area contributed by atoms with E-state index in [9.17, 15) is 43.2 Å². The minimum absolute atomic E-state index is 0.109. The standard InChI is InChI=1S/C93H182O17P2/c1-6-9-12-15-18-21-23-25-27-29-31-33-34-36-42-46-50-54-59-64-69-74-79-93(98)110-89(83-104-91(96)77-72-67-62-57-52-48-44-40-38-37-39-43-47-51-56-60-65-70-75-86(4)5)85-108-112(101,102)106-81-87(94)80-105-111(99,100)107-84-88(82-103-90(95)76-71-66-61-55-20-17-14-11-8-3)109-92(97)78-73-68-63-58-53-49-45-41-35-32-30-28-26-24-22-19-16-13-10-7-2/h86-89,94H,6-85H2,1-5H3,(H,99,100)(H,101,102)/t87-,88+,89+/m0/s1. The first-order chi connectivity index (χ1) is 54.5. The second-order valence-corrected chi connectivity index (χ2v) is 36.8. The topological polar surface area (TPSA) is 237 Å². The quantitative estimate of drug-likeness (QED) is 0.0222. The molecular weight excluding hydrogens is 1450 g/mol. The molecule has 5 atom stereocenters. The molecule has 0 saturated heterocycles. The Labute approximate surface area is 689 Å². The SMILES string of the molecule is CCCCCCCCCCCCCCCCCCCCCCCCC(=O)O[C@H](COC(=O)CCCCCCCCCCCCCCCCCCCCC(C)C)COP(=O)(O)OC[C@@H](O)COP(=O)(O)OC[C@@H](COC(=O)CCCCCCCCCCC)OC(=O)CCCCCCCCCCCCCCCCCCCCCC. The molecule has 0 spiro atoms. The molecule has 0 aromatic rings. The minimum Gasteiger partial charge on any atom is -0.462 e. The number of unbranched alkanes of at least 4 members (excludes halogenated alkanes) is 65. The molecule has 0 amide bonds. The number of aliphatic hydroxyl groups is 1. The highest BCUT2D eigenvalue weighted by atomic mass is 31.2. The summed E-state index contributed by atoms with van der Waals surface area (Å²) in [6.45, 7) is 7.42. The number of esters is 4. The maximum Gasteiger partial charge on any atom is 0.472 e. The van der Waals surface area contributed by atoms with Crippen LogP contribution in [0, 0.1) is 5.92 Å². The van der Waals surface area contributed by atoms with Gasteiger partial charge < -0.3 is 33.8 Å². The number of carbonyl (C=O) groups is 4. The van der Waals surface area contributed by atoms with Gasteiger partial charge in [-0.25, -0.2) is 9.13 Å². The summed E-state index contributed by atoms with van der Waals surface area (Å²) < 4.78 is 69.1. The first-order valence-electron chi connectivity index (χ1n) is 48.1. The second-order valence-electron chi connectivity index (χ2n) is 33.9. The van der Waals surface area contributed by atoms with Crippen molar-refractivity contribution >= 4 is 39.5 Å². The van der Waals surface area contributed by atoms with E-state index in [4.69, 9.17) is 37.0 Å². The van der Waals surface area contributed by atoms with Crippen molar-refractivity contribution in [2.45, 2.75) is 528 Å². The van der Waals surface area contributed by atoms with Gasteiger partial charge in [0.05, 0.1) is 26.4 Å². The molecule has 112 heavy (non-hydrogen) atoms. The van der Waals surface area contributed by atoms with E-state index in [1.54, 1.807) is 0 Å². The maximum atomic E-state index is 13.2. The van der Waals surface area contributed by atoms with Crippen LogP contribution in [0.3, 0.4) is 0 Å². The Morgan fingerprint density at radius 2 is 0.411 bits per heavy atom. The zero-order chi connectivity index (χ0) is 81.8. The molecule has 0 aliphatic heterocycles. The van der Waals surface area contributed by atoms with E-state index in [1.165, 1.54) is 334 Å². The number of hydrogen-bond donors (Lipinski definition) is 3. The third kappa shape index (κ3) is 85.9. The first kappa shape index (κ1) is 110. The number of phosphoric ester groups is 2. The van der Waals surface area contributed by atoms with E-state index in [-0.39, 0.29) is 25.7 Å². The summed E-state index contributed by atoms with van der Waals surface area (Å²) in [5.41, 5.74) is 0. The van der Waals surface area contributed by atoms with Crippen molar-refractivity contribution in [3.05, 3.63) is 0 Å². The van der Waals surface area contributed by atoms with Gasteiger partial charge >= 0.3 is 39.5 Å². The number of phosphoric acid groups is 2. The van der Waals surface area contributed by atoms with Crippen molar-refractivity contribution in [2.24, 2.45) is 5.92 Å². The van der Waals surface area contributed by atoms with Crippen molar-refractivity contribution in [1.82, 2.24) is 0 Å². The van der Waals surface area contributed by atoms with Gasteiger partial charge in [0.2, 0.25) is 0 Å². The van der Waals surface area contributed by atoms with Crippen LogP contribution in [0.2, 0.25) is 0 Å². The van der Waals surface area contributed by atoms with E-state index in [2.05, 4.69) is 34.6 Å². The first-order valence-corrected chi connectivity index (χ1v) is 51.1. The lowest BCUT2D eigenvalue weighted by molar-refractivity contribution is -0.161. The molecule has 666 valence electrons. The molecule has 0 fully saturated rings. The van der Waals surface area contributed by atoms with Crippen LogP contribution in [0.1, 0.15) is 510 Å². The van der Waals surface area contributed by atoms with Gasteiger partial charge in [-0.2, -0.15) is 0 Å². The molecule has 0 aromatic heterocycles. The molecule has 0 aliphatic carbocycles. The summed E-state index contributed by atoms with van der Waals surface area (Å²) in [5.74, 6) is -1.27. The van der Waals surface area contributed by atoms with Gasteiger partial charge in [0.1, 0.15) is 19.3 Å². The Balaban J connectivity index is 5.18. The fraction of sp³-hybridized carbons (Fsp3) is 0.957. The molecule has 0 rings (SSSR count). The Hall–Kier alpha value is -1.94. The molecule has 0 heterocycles. The van der Waals surface area contributed by atoms with Crippen molar-refractivity contribution in [3.63, 3.8) is 0 Å². The summed E-state index contributed by atoms with van der Waals surface area (Å²) in [5, 5.41) is 10.7. The molecule has 0 aromatic carbocycles. The van der Waals surface area contributed by atoms with E-state index in [1.807, 2.05) is 0 Å². The Morgan fingerprint density at radius 3 is 0.607 bits per heavy atom. The molecule has 17 nitrogen and oxygen atoms in total. The van der Waals surface area contributed by atoms with Crippen molar-refractivity contribution in [2.75, 3.05) is 39.6 Å². The lowest BCUT2D eigenvalue weighted by atomic mass is 10.0. The number of carbonyl (C=O) groups excluding carboxylic acids is 4. The molecule has 0 radical (unpaired) electrons. The van der Waals surface area contributed by atoms with Crippen LogP contribution in [0.5, 0.6) is 0 Å². The predicted molar refractivity (Wildman–Crippen MR) is 465 cm³/mol. The van der Waals surface area contributed by atoms with Gasteiger partial charge in [0.15, 0.2) is 12.2 Å². The Kier molecular flexibility index (Phi) is 84.0. The summed E-state index contributed by atoms with van der Waals surface area (Å²) in [6.07, 6.45) is 82.3. The van der Waals surface area contributed by atoms with Crippen LogP contribution in [0.15, 0.2) is 0 Å². The Bertz CT molecular complexity index is 2120. The van der Waals surface area contributed by atoms with Crippen LogP contribution in [0.25, 0.3) is 0 Å². The third-order valence-corrected chi connectivity index (χ3v) is 23.9. The third-order valence-electron chi connectivity index (χ3n) is 22.0. The molecule has 19 heteroatoms. The molecule has 0 aliphatic rings. The zero-order valence-electron chi connectivity index (χ0n) is 73.8. The van der Waals surface area contributed by atoms with Crippen molar-refractivity contribution in [1.29, 1.82) is 0 Å². The zero-order valence-corrected chi connectivity index (χ0v) is 75.6. The van der Waals surface area contributed by atoms with Gasteiger partial charge in [-0.05, 0) is 31.6 Å². The van der Waals surface area contributed by atoms with Crippen LogP contribution in [-0.2, 0) is 65.4 Å². The van der Waals surface area contributed by atoms with Gasteiger partial charge in [-0.3, -0.25) is 37.3 Å². The van der Waals surface area contributed by atoms with Crippen molar-refractivity contribution in [3.8, 4) is 0 Å². The van der Waals surface area contributed by atoms with Crippen LogP contribution in [0.4, 0.5) is 0 Å². The minimum atomic E-state index is -4.97.